The summed E-state index contributed by atoms with van der Waals surface area (Å²) in [4.78, 5) is 4.46. The first-order chi connectivity index (χ1) is 13.9. The number of anilines is 2. The van der Waals surface area contributed by atoms with Crippen molar-refractivity contribution in [3.05, 3.63) is 53.4 Å². The second-order valence-corrected chi connectivity index (χ2v) is 9.26. The van der Waals surface area contributed by atoms with E-state index in [1.165, 1.54) is 24.9 Å². The second-order valence-electron chi connectivity index (χ2n) is 6.69. The number of nitrogens with zero attached hydrogens (tertiary/aromatic N) is 1. The number of thiazole rings is 1. The zero-order chi connectivity index (χ0) is 20.9. The molecule has 0 unspecified atom stereocenters. The van der Waals surface area contributed by atoms with Gasteiger partial charge >= 0.3 is 0 Å². The number of nitrogen functional groups attached to an aromatic ring is 1. The number of aromatic nitrogens is 1. The van der Waals surface area contributed by atoms with Crippen molar-refractivity contribution < 1.29 is 13.2 Å². The maximum absolute atomic E-state index is 12.9. The molecule has 0 saturated heterocycles. The van der Waals surface area contributed by atoms with Gasteiger partial charge in [0.15, 0.2) is 5.13 Å². The van der Waals surface area contributed by atoms with E-state index in [4.69, 9.17) is 10.5 Å². The normalized spacial score (nSPS) is 11.4. The maximum Gasteiger partial charge on any atom is 0.262 e. The van der Waals surface area contributed by atoms with Gasteiger partial charge in [0.1, 0.15) is 5.75 Å². The lowest BCUT2D eigenvalue weighted by molar-refractivity contribution is 0.417. The van der Waals surface area contributed by atoms with E-state index in [-0.39, 0.29) is 4.90 Å². The van der Waals surface area contributed by atoms with Crippen LogP contribution < -0.4 is 15.2 Å². The Bertz CT molecular complexity index is 1060. The van der Waals surface area contributed by atoms with Crippen molar-refractivity contribution in [1.82, 2.24) is 4.98 Å². The summed E-state index contributed by atoms with van der Waals surface area (Å²) in [7, 11) is -2.26. The van der Waals surface area contributed by atoms with Crippen LogP contribution in [-0.2, 0) is 16.4 Å². The van der Waals surface area contributed by atoms with Gasteiger partial charge in [0.05, 0.1) is 23.4 Å². The Balaban J connectivity index is 1.83. The van der Waals surface area contributed by atoms with E-state index in [0.29, 0.717) is 22.3 Å². The molecule has 0 aliphatic carbocycles. The average molecular weight is 432 g/mol. The number of benzene rings is 2. The summed E-state index contributed by atoms with van der Waals surface area (Å²) >= 11 is 1.33. The van der Waals surface area contributed by atoms with E-state index in [2.05, 4.69) is 16.6 Å². The number of unbranched alkanes of at least 4 members (excludes halogenated alkanes) is 2. The van der Waals surface area contributed by atoms with Gasteiger partial charge in [-0.25, -0.2) is 13.4 Å². The summed E-state index contributed by atoms with van der Waals surface area (Å²) in [6, 6.07) is 12.2. The van der Waals surface area contributed by atoms with E-state index in [1.807, 2.05) is 23.6 Å². The molecule has 1 aromatic heterocycles. The summed E-state index contributed by atoms with van der Waals surface area (Å²) < 4.78 is 33.7. The van der Waals surface area contributed by atoms with E-state index < -0.39 is 10.0 Å². The fourth-order valence-corrected chi connectivity index (χ4v) is 4.62. The third-order valence-electron chi connectivity index (χ3n) is 4.56. The summed E-state index contributed by atoms with van der Waals surface area (Å²) in [6.07, 6.45) is 4.38. The van der Waals surface area contributed by atoms with Gasteiger partial charge in [0, 0.05) is 10.9 Å². The molecule has 3 N–H and O–H groups in total. The van der Waals surface area contributed by atoms with Gasteiger partial charge < -0.3 is 10.5 Å². The lowest BCUT2D eigenvalue weighted by Gasteiger charge is -2.13. The Morgan fingerprint density at radius 1 is 1.14 bits per heavy atom. The summed E-state index contributed by atoms with van der Waals surface area (Å²) in [5.41, 5.74) is 8.64. The molecule has 1 heterocycles. The zero-order valence-corrected chi connectivity index (χ0v) is 18.1. The number of methoxy groups -OCH3 is 1. The molecule has 154 valence electrons. The molecule has 0 fully saturated rings. The largest absolute Gasteiger partial charge is 0.495 e. The molecule has 8 heteroatoms. The molecule has 29 heavy (non-hydrogen) atoms. The minimum absolute atomic E-state index is 0.210. The van der Waals surface area contributed by atoms with Crippen molar-refractivity contribution in [2.45, 2.75) is 37.5 Å². The Morgan fingerprint density at radius 3 is 2.52 bits per heavy atom. The molecule has 0 amide bonds. The highest BCUT2D eigenvalue weighted by atomic mass is 32.2. The smallest absolute Gasteiger partial charge is 0.262 e. The van der Waals surface area contributed by atoms with Crippen molar-refractivity contribution in [2.24, 2.45) is 0 Å². The van der Waals surface area contributed by atoms with Crippen molar-refractivity contribution in [1.29, 1.82) is 0 Å². The number of hydrogen-bond donors (Lipinski definition) is 2. The molecule has 2 aromatic carbocycles. The first kappa shape index (κ1) is 21.1. The van der Waals surface area contributed by atoms with Gasteiger partial charge in [-0.15, -0.1) is 11.3 Å². The lowest BCUT2D eigenvalue weighted by Crippen LogP contribution is -2.13. The number of nitrogens with two attached hydrogens (primary N) is 1. The van der Waals surface area contributed by atoms with E-state index in [1.54, 1.807) is 24.3 Å². The molecule has 0 radical (unpaired) electrons. The number of sulfonamides is 1. The third-order valence-corrected chi connectivity index (χ3v) is 6.62. The summed E-state index contributed by atoms with van der Waals surface area (Å²) in [5, 5.41) is 2.28. The fraction of sp³-hybridized carbons (Fsp3) is 0.286. The Hall–Kier alpha value is -2.58. The van der Waals surface area contributed by atoms with Gasteiger partial charge in [0.2, 0.25) is 0 Å². The fourth-order valence-electron chi connectivity index (χ4n) is 2.99. The minimum Gasteiger partial charge on any atom is -0.495 e. The van der Waals surface area contributed by atoms with Crippen LogP contribution in [0.3, 0.4) is 0 Å². The van der Waals surface area contributed by atoms with Crippen molar-refractivity contribution >= 4 is 32.2 Å². The van der Waals surface area contributed by atoms with E-state index >= 15 is 0 Å². The lowest BCUT2D eigenvalue weighted by atomic mass is 10.1. The highest BCUT2D eigenvalue weighted by Crippen LogP contribution is 2.33. The first-order valence-corrected chi connectivity index (χ1v) is 11.8. The molecule has 0 aliphatic rings. The average Bonchev–Trinajstić information content (AvgIpc) is 3.15. The molecule has 0 spiro atoms. The second kappa shape index (κ2) is 9.28. The zero-order valence-electron chi connectivity index (χ0n) is 16.5. The van der Waals surface area contributed by atoms with Crippen molar-refractivity contribution in [2.75, 3.05) is 17.6 Å². The highest BCUT2D eigenvalue weighted by molar-refractivity contribution is 7.92. The molecule has 0 saturated carbocycles. The van der Waals surface area contributed by atoms with Crippen LogP contribution in [0.5, 0.6) is 5.75 Å². The van der Waals surface area contributed by atoms with Crippen LogP contribution in [0.25, 0.3) is 11.3 Å². The van der Waals surface area contributed by atoms with Gasteiger partial charge in [-0.2, -0.15) is 0 Å². The van der Waals surface area contributed by atoms with E-state index in [9.17, 15) is 8.42 Å². The summed E-state index contributed by atoms with van der Waals surface area (Å²) in [6.45, 7) is 2.16. The molecule has 0 bridgehead atoms. The van der Waals surface area contributed by atoms with Crippen LogP contribution in [0.2, 0.25) is 0 Å². The topological polar surface area (TPSA) is 94.3 Å². The van der Waals surface area contributed by atoms with Crippen LogP contribution >= 0.6 is 11.3 Å². The van der Waals surface area contributed by atoms with Gasteiger partial charge in [-0.3, -0.25) is 4.72 Å². The number of ether oxygens (including phenoxy) is 1. The van der Waals surface area contributed by atoms with Crippen molar-refractivity contribution in [3.8, 4) is 17.0 Å². The number of hydrogen-bond acceptors (Lipinski definition) is 6. The summed E-state index contributed by atoms with van der Waals surface area (Å²) in [5.74, 6) is 0.428. The molecule has 3 rings (SSSR count). The molecule has 0 atom stereocenters. The van der Waals surface area contributed by atoms with Crippen LogP contribution in [0, 0.1) is 0 Å². The van der Waals surface area contributed by atoms with Gasteiger partial charge in [0.25, 0.3) is 10.0 Å². The molecule has 6 nitrogen and oxygen atoms in total. The molecule has 3 aromatic rings. The predicted molar refractivity (Wildman–Crippen MR) is 119 cm³/mol. The number of aryl methyl sites for hydroxylation is 1. The maximum atomic E-state index is 12.9. The van der Waals surface area contributed by atoms with Crippen molar-refractivity contribution in [3.63, 3.8) is 0 Å². The van der Waals surface area contributed by atoms with Crippen LogP contribution in [0.1, 0.15) is 31.7 Å². The Kier molecular flexibility index (Phi) is 6.76. The number of nitrogens with one attached hydrogen (secondary N) is 1. The van der Waals surface area contributed by atoms with E-state index in [0.717, 1.165) is 30.4 Å². The Labute approximate surface area is 175 Å². The van der Waals surface area contributed by atoms with Crippen LogP contribution in [0.4, 0.5) is 10.8 Å². The quantitative estimate of drug-likeness (QED) is 0.468. The monoisotopic (exact) mass is 431 g/mol. The molecular weight excluding hydrogens is 406 g/mol. The minimum atomic E-state index is -3.75. The van der Waals surface area contributed by atoms with Gasteiger partial charge in [-0.1, -0.05) is 31.9 Å². The molecular formula is C21H25N3O3S2. The predicted octanol–water partition coefficient (Wildman–Crippen LogP) is 4.93. The standard InChI is InChI=1S/C21H25N3O3S2/c1-3-4-5-6-15-7-10-17(11-8-15)29(25,26)24-18-13-16(9-12-20(18)27-2)19-14-28-21(22)23-19/h7-14,24H,3-6H2,1-2H3,(H2,22,23). The molecule has 0 aliphatic heterocycles. The van der Waals surface area contributed by atoms with Gasteiger partial charge in [-0.05, 0) is 48.7 Å². The van der Waals surface area contributed by atoms with Crippen LogP contribution in [-0.4, -0.2) is 20.5 Å². The highest BCUT2D eigenvalue weighted by Gasteiger charge is 2.18. The number of rotatable bonds is 9. The van der Waals surface area contributed by atoms with Crippen LogP contribution in [0.15, 0.2) is 52.7 Å². The SMILES string of the molecule is CCCCCc1ccc(S(=O)(=O)Nc2cc(-c3csc(N)n3)ccc2OC)cc1. The first-order valence-electron chi connectivity index (χ1n) is 9.44. The third kappa shape index (κ3) is 5.27. The Morgan fingerprint density at radius 2 is 1.90 bits per heavy atom.